The summed E-state index contributed by atoms with van der Waals surface area (Å²) in [5.74, 6) is -0.0728. The molecule has 3 aromatic rings. The van der Waals surface area contributed by atoms with Crippen LogP contribution in [0.25, 0.3) is 10.9 Å². The van der Waals surface area contributed by atoms with Gasteiger partial charge in [0.05, 0.1) is 16.7 Å². The van der Waals surface area contributed by atoms with E-state index in [0.29, 0.717) is 40.4 Å². The zero-order chi connectivity index (χ0) is 24.1. The van der Waals surface area contributed by atoms with Crippen LogP contribution in [-0.2, 0) is 4.79 Å². The van der Waals surface area contributed by atoms with Gasteiger partial charge in [0.25, 0.3) is 11.5 Å². The third-order valence-corrected chi connectivity index (χ3v) is 7.22. The molecule has 34 heavy (non-hydrogen) atoms. The Kier molecular flexibility index (Phi) is 7.67. The minimum absolute atomic E-state index is 0.0225. The molecule has 178 valence electrons. The smallest absolute Gasteiger partial charge is 0.262 e. The van der Waals surface area contributed by atoms with Gasteiger partial charge in [-0.1, -0.05) is 36.7 Å². The third kappa shape index (κ3) is 5.17. The van der Waals surface area contributed by atoms with E-state index in [0.717, 1.165) is 25.7 Å². The second-order valence-corrected chi connectivity index (χ2v) is 9.36. The maximum atomic E-state index is 13.2. The summed E-state index contributed by atoms with van der Waals surface area (Å²) in [6.07, 6.45) is 4.11. The molecular weight excluding hydrogens is 448 g/mol. The number of thioether (sulfide) groups is 1. The van der Waals surface area contributed by atoms with Crippen LogP contribution in [0, 0.1) is 0 Å². The Hall–Kier alpha value is -3.13. The van der Waals surface area contributed by atoms with Crippen molar-refractivity contribution in [3.63, 3.8) is 0 Å². The van der Waals surface area contributed by atoms with Gasteiger partial charge in [0.1, 0.15) is 0 Å². The van der Waals surface area contributed by atoms with Crippen LogP contribution in [0.5, 0.6) is 0 Å². The second kappa shape index (κ2) is 10.9. The lowest BCUT2D eigenvalue weighted by atomic mass is 10.2. The van der Waals surface area contributed by atoms with Crippen molar-refractivity contribution in [2.45, 2.75) is 50.7 Å². The standard InChI is InChI=1S/C26H30N4O3S/c1-3-29(4-2)24(32)18-13-15-19(16-14-18)27-23(31)17-34-26-28-22-12-8-7-11-21(22)25(33)30(26)20-9-5-6-10-20/h7-8,11-16,20H,3-6,9-10,17H2,1-2H3,(H,27,31). The molecular formula is C26H30N4O3S. The Bertz CT molecular complexity index is 1230. The van der Waals surface area contributed by atoms with Gasteiger partial charge < -0.3 is 10.2 Å². The Morgan fingerprint density at radius 1 is 1.06 bits per heavy atom. The van der Waals surface area contributed by atoms with E-state index in [2.05, 4.69) is 5.32 Å². The SMILES string of the molecule is CCN(CC)C(=O)c1ccc(NC(=O)CSc2nc3ccccc3c(=O)n2C2CCCC2)cc1. The van der Waals surface area contributed by atoms with Gasteiger partial charge in [0.2, 0.25) is 5.91 Å². The number of rotatable bonds is 8. The van der Waals surface area contributed by atoms with Crippen LogP contribution in [0.1, 0.15) is 55.9 Å². The predicted octanol–water partition coefficient (Wildman–Crippen LogP) is 4.72. The van der Waals surface area contributed by atoms with Crippen molar-refractivity contribution in [3.05, 3.63) is 64.4 Å². The van der Waals surface area contributed by atoms with Gasteiger partial charge in [-0.2, -0.15) is 0 Å². The monoisotopic (exact) mass is 478 g/mol. The lowest BCUT2D eigenvalue weighted by molar-refractivity contribution is -0.113. The molecule has 0 spiro atoms. The summed E-state index contributed by atoms with van der Waals surface area (Å²) in [5.41, 5.74) is 1.84. The summed E-state index contributed by atoms with van der Waals surface area (Å²) < 4.78 is 1.79. The van der Waals surface area contributed by atoms with Gasteiger partial charge in [0.15, 0.2) is 5.16 Å². The first kappa shape index (κ1) is 24.0. The Morgan fingerprint density at radius 3 is 2.41 bits per heavy atom. The van der Waals surface area contributed by atoms with Gasteiger partial charge in [-0.05, 0) is 63.1 Å². The molecule has 1 N–H and O–H groups in total. The minimum Gasteiger partial charge on any atom is -0.339 e. The van der Waals surface area contributed by atoms with Crippen LogP contribution >= 0.6 is 11.8 Å². The van der Waals surface area contributed by atoms with Crippen LogP contribution in [-0.4, -0.2) is 45.1 Å². The van der Waals surface area contributed by atoms with E-state index in [1.54, 1.807) is 33.7 Å². The van der Waals surface area contributed by atoms with Gasteiger partial charge >= 0.3 is 0 Å². The van der Waals surface area contributed by atoms with Crippen LogP contribution in [0.15, 0.2) is 58.5 Å². The molecule has 0 bridgehead atoms. The van der Waals surface area contributed by atoms with Crippen molar-refractivity contribution in [2.24, 2.45) is 0 Å². The zero-order valence-corrected chi connectivity index (χ0v) is 20.4. The Labute approximate surface area is 203 Å². The fourth-order valence-corrected chi connectivity index (χ4v) is 5.29. The number of fused-ring (bicyclic) bond motifs is 1. The molecule has 0 unspecified atom stereocenters. The summed E-state index contributed by atoms with van der Waals surface area (Å²) in [5, 5.41) is 4.08. The summed E-state index contributed by atoms with van der Waals surface area (Å²) in [4.78, 5) is 44.8. The van der Waals surface area contributed by atoms with Crippen molar-refractivity contribution >= 4 is 40.2 Å². The summed E-state index contributed by atoms with van der Waals surface area (Å²) >= 11 is 1.29. The van der Waals surface area contributed by atoms with Crippen LogP contribution in [0.2, 0.25) is 0 Å². The average Bonchev–Trinajstić information content (AvgIpc) is 3.38. The van der Waals surface area contributed by atoms with E-state index in [1.165, 1.54) is 11.8 Å². The molecule has 1 heterocycles. The molecule has 4 rings (SSSR count). The first-order valence-corrected chi connectivity index (χ1v) is 12.8. The summed E-state index contributed by atoms with van der Waals surface area (Å²) in [6, 6.07) is 14.4. The molecule has 0 radical (unpaired) electrons. The normalized spacial score (nSPS) is 13.8. The fourth-order valence-electron chi connectivity index (χ4n) is 4.43. The Morgan fingerprint density at radius 2 is 1.74 bits per heavy atom. The van der Waals surface area contributed by atoms with Crippen LogP contribution in [0.3, 0.4) is 0 Å². The van der Waals surface area contributed by atoms with Crippen molar-refractivity contribution in [1.29, 1.82) is 0 Å². The fraction of sp³-hybridized carbons (Fsp3) is 0.385. The molecule has 0 saturated heterocycles. The topological polar surface area (TPSA) is 84.3 Å². The van der Waals surface area contributed by atoms with Crippen LogP contribution in [0.4, 0.5) is 5.69 Å². The first-order chi connectivity index (χ1) is 16.5. The number of nitrogens with one attached hydrogen (secondary N) is 1. The molecule has 2 amide bonds. The molecule has 1 saturated carbocycles. The molecule has 1 aliphatic rings. The number of aromatic nitrogens is 2. The van der Waals surface area contributed by atoms with Crippen LogP contribution < -0.4 is 10.9 Å². The van der Waals surface area contributed by atoms with Gasteiger partial charge in [-0.3, -0.25) is 19.0 Å². The number of para-hydroxylation sites is 1. The number of carbonyl (C=O) groups excluding carboxylic acids is 2. The maximum absolute atomic E-state index is 13.2. The number of amides is 2. The molecule has 0 aliphatic heterocycles. The highest BCUT2D eigenvalue weighted by atomic mass is 32.2. The van der Waals surface area contributed by atoms with Crippen molar-refractivity contribution in [1.82, 2.24) is 14.5 Å². The first-order valence-electron chi connectivity index (χ1n) is 11.8. The summed E-state index contributed by atoms with van der Waals surface area (Å²) in [6.45, 7) is 5.20. The lowest BCUT2D eigenvalue weighted by Gasteiger charge is -2.19. The molecule has 1 aliphatic carbocycles. The van der Waals surface area contributed by atoms with Crippen molar-refractivity contribution in [3.8, 4) is 0 Å². The number of hydrogen-bond acceptors (Lipinski definition) is 5. The van der Waals surface area contributed by atoms with E-state index in [-0.39, 0.29) is 29.2 Å². The molecule has 8 heteroatoms. The molecule has 2 aromatic carbocycles. The van der Waals surface area contributed by atoms with E-state index in [4.69, 9.17) is 4.98 Å². The Balaban J connectivity index is 1.47. The minimum atomic E-state index is -0.187. The highest BCUT2D eigenvalue weighted by Gasteiger charge is 2.23. The number of carbonyl (C=O) groups is 2. The lowest BCUT2D eigenvalue weighted by Crippen LogP contribution is -2.30. The largest absolute Gasteiger partial charge is 0.339 e. The highest BCUT2D eigenvalue weighted by Crippen LogP contribution is 2.32. The van der Waals surface area contributed by atoms with Gasteiger partial charge in [0, 0.05) is 30.4 Å². The quantitative estimate of drug-likeness (QED) is 0.374. The third-order valence-electron chi connectivity index (χ3n) is 6.26. The zero-order valence-electron chi connectivity index (χ0n) is 19.6. The predicted molar refractivity (Wildman–Crippen MR) is 137 cm³/mol. The highest BCUT2D eigenvalue weighted by molar-refractivity contribution is 7.99. The van der Waals surface area contributed by atoms with E-state index in [1.807, 2.05) is 38.1 Å². The van der Waals surface area contributed by atoms with E-state index >= 15 is 0 Å². The molecule has 1 aromatic heterocycles. The molecule has 1 fully saturated rings. The molecule has 0 atom stereocenters. The summed E-state index contributed by atoms with van der Waals surface area (Å²) in [7, 11) is 0. The number of nitrogens with zero attached hydrogens (tertiary/aromatic N) is 3. The van der Waals surface area contributed by atoms with Crippen molar-refractivity contribution < 1.29 is 9.59 Å². The van der Waals surface area contributed by atoms with E-state index < -0.39 is 0 Å². The van der Waals surface area contributed by atoms with Gasteiger partial charge in [-0.15, -0.1) is 0 Å². The van der Waals surface area contributed by atoms with Gasteiger partial charge in [-0.25, -0.2) is 4.98 Å². The molecule has 7 nitrogen and oxygen atoms in total. The number of benzene rings is 2. The van der Waals surface area contributed by atoms with Crippen molar-refractivity contribution in [2.75, 3.05) is 24.2 Å². The number of anilines is 1. The average molecular weight is 479 g/mol. The number of hydrogen-bond donors (Lipinski definition) is 1. The second-order valence-electron chi connectivity index (χ2n) is 8.42. The van der Waals surface area contributed by atoms with E-state index in [9.17, 15) is 14.4 Å². The maximum Gasteiger partial charge on any atom is 0.262 e.